The van der Waals surface area contributed by atoms with Gasteiger partial charge in [-0.25, -0.2) is 17.6 Å². The second-order valence-electron chi connectivity index (χ2n) is 7.85. The Balaban J connectivity index is 1.59. The number of hydrogen-bond acceptors (Lipinski definition) is 7. The summed E-state index contributed by atoms with van der Waals surface area (Å²) in [5, 5.41) is 3.04. The van der Waals surface area contributed by atoms with Crippen LogP contribution in [0, 0.1) is 5.82 Å². The first kappa shape index (κ1) is 24.2. The van der Waals surface area contributed by atoms with Gasteiger partial charge in [0.05, 0.1) is 29.5 Å². The zero-order valence-electron chi connectivity index (χ0n) is 18.0. The SMILES string of the molecule is CCC(=S)NCC1CN(c2ccc(N3CCN(C(=O)CS(C)(=O)=O)CC3)c(F)c2)C(=O)O1. The highest BCUT2D eigenvalue weighted by Gasteiger charge is 2.33. The number of nitrogens with one attached hydrogen (secondary N) is 1. The van der Waals surface area contributed by atoms with Gasteiger partial charge < -0.3 is 19.9 Å². The van der Waals surface area contributed by atoms with Gasteiger partial charge in [0.2, 0.25) is 5.91 Å². The van der Waals surface area contributed by atoms with Gasteiger partial charge in [-0.15, -0.1) is 0 Å². The van der Waals surface area contributed by atoms with E-state index in [0.29, 0.717) is 55.5 Å². The Labute approximate surface area is 192 Å². The molecule has 0 aromatic heterocycles. The number of piperazine rings is 1. The molecule has 0 bridgehead atoms. The van der Waals surface area contributed by atoms with Crippen molar-refractivity contribution in [2.24, 2.45) is 0 Å². The molecule has 1 aromatic rings. The molecule has 32 heavy (non-hydrogen) atoms. The van der Waals surface area contributed by atoms with Crippen molar-refractivity contribution in [3.8, 4) is 0 Å². The van der Waals surface area contributed by atoms with Gasteiger partial charge in [-0.05, 0) is 24.6 Å². The second-order valence-corrected chi connectivity index (χ2v) is 10.5. The number of carbonyl (C=O) groups is 2. The minimum absolute atomic E-state index is 0.290. The molecule has 1 N–H and O–H groups in total. The summed E-state index contributed by atoms with van der Waals surface area (Å²) < 4.78 is 42.9. The van der Waals surface area contributed by atoms with Crippen LogP contribution >= 0.6 is 12.2 Å². The fourth-order valence-corrected chi connectivity index (χ4v) is 4.34. The van der Waals surface area contributed by atoms with Crippen molar-refractivity contribution in [1.82, 2.24) is 10.2 Å². The van der Waals surface area contributed by atoms with E-state index in [0.717, 1.165) is 6.26 Å². The van der Waals surface area contributed by atoms with Crippen molar-refractivity contribution in [2.75, 3.05) is 61.1 Å². The van der Waals surface area contributed by atoms with E-state index in [2.05, 4.69) is 5.32 Å². The topological polar surface area (TPSA) is 99.3 Å². The van der Waals surface area contributed by atoms with Crippen LogP contribution in [0.5, 0.6) is 0 Å². The van der Waals surface area contributed by atoms with Gasteiger partial charge in [0.25, 0.3) is 0 Å². The first-order valence-corrected chi connectivity index (χ1v) is 12.8. The number of benzene rings is 1. The summed E-state index contributed by atoms with van der Waals surface area (Å²) >= 11 is 5.11. The highest BCUT2D eigenvalue weighted by Crippen LogP contribution is 2.28. The molecular formula is C20H27FN4O5S2. The zero-order valence-corrected chi connectivity index (χ0v) is 19.7. The van der Waals surface area contributed by atoms with Crippen LogP contribution in [0.4, 0.5) is 20.6 Å². The van der Waals surface area contributed by atoms with Crippen LogP contribution < -0.4 is 15.1 Å². The third-order valence-electron chi connectivity index (χ3n) is 5.32. The van der Waals surface area contributed by atoms with Crippen LogP contribution in [0.25, 0.3) is 0 Å². The van der Waals surface area contributed by atoms with E-state index in [1.165, 1.54) is 15.9 Å². The summed E-state index contributed by atoms with van der Waals surface area (Å²) in [4.78, 5) is 29.6. The summed E-state index contributed by atoms with van der Waals surface area (Å²) in [6, 6.07) is 4.56. The molecule has 1 aromatic carbocycles. The van der Waals surface area contributed by atoms with Crippen molar-refractivity contribution < 1.29 is 27.1 Å². The van der Waals surface area contributed by atoms with Crippen LogP contribution in [0.3, 0.4) is 0 Å². The Hall–Kier alpha value is -2.47. The van der Waals surface area contributed by atoms with Crippen LogP contribution in [-0.2, 0) is 19.4 Å². The molecule has 1 unspecified atom stereocenters. The molecule has 176 valence electrons. The van der Waals surface area contributed by atoms with E-state index in [4.69, 9.17) is 17.0 Å². The number of sulfone groups is 1. The van der Waals surface area contributed by atoms with Crippen LogP contribution in [0.2, 0.25) is 0 Å². The number of rotatable bonds is 7. The minimum Gasteiger partial charge on any atom is -0.442 e. The molecule has 2 saturated heterocycles. The Kier molecular flexibility index (Phi) is 7.55. The number of ether oxygens (including phenoxy) is 1. The van der Waals surface area contributed by atoms with E-state index in [-0.39, 0.29) is 12.6 Å². The lowest BCUT2D eigenvalue weighted by atomic mass is 10.2. The molecule has 1 atom stereocenters. The molecule has 2 aliphatic rings. The molecule has 0 saturated carbocycles. The maximum absolute atomic E-state index is 14.9. The second kappa shape index (κ2) is 9.99. The quantitative estimate of drug-likeness (QED) is 0.574. The van der Waals surface area contributed by atoms with E-state index in [1.54, 1.807) is 17.0 Å². The van der Waals surface area contributed by atoms with E-state index in [1.807, 2.05) is 6.92 Å². The highest BCUT2D eigenvalue weighted by molar-refractivity contribution is 7.91. The molecule has 2 amide bonds. The monoisotopic (exact) mass is 486 g/mol. The van der Waals surface area contributed by atoms with Gasteiger partial charge in [0, 0.05) is 32.4 Å². The average Bonchev–Trinajstić information content (AvgIpc) is 3.11. The Morgan fingerprint density at radius 1 is 1.28 bits per heavy atom. The molecule has 0 radical (unpaired) electrons. The molecule has 2 heterocycles. The zero-order chi connectivity index (χ0) is 23.5. The lowest BCUT2D eigenvalue weighted by Crippen LogP contribution is -2.50. The fraction of sp³-hybridized carbons (Fsp3) is 0.550. The summed E-state index contributed by atoms with van der Waals surface area (Å²) in [5.74, 6) is -1.46. The van der Waals surface area contributed by atoms with Crippen molar-refractivity contribution in [3.63, 3.8) is 0 Å². The largest absolute Gasteiger partial charge is 0.442 e. The average molecular weight is 487 g/mol. The molecule has 3 rings (SSSR count). The van der Waals surface area contributed by atoms with Crippen molar-refractivity contribution in [3.05, 3.63) is 24.0 Å². The number of halogens is 1. The molecule has 9 nitrogen and oxygen atoms in total. The summed E-state index contributed by atoms with van der Waals surface area (Å²) in [7, 11) is -3.39. The molecule has 0 spiro atoms. The van der Waals surface area contributed by atoms with Crippen LogP contribution in [0.15, 0.2) is 18.2 Å². The predicted octanol–water partition coefficient (Wildman–Crippen LogP) is 1.17. The first-order valence-electron chi connectivity index (χ1n) is 10.3. The molecule has 0 aliphatic carbocycles. The van der Waals surface area contributed by atoms with Gasteiger partial charge >= 0.3 is 6.09 Å². The maximum Gasteiger partial charge on any atom is 0.414 e. The number of cyclic esters (lactones) is 1. The third kappa shape index (κ3) is 6.06. The maximum atomic E-state index is 14.9. The van der Waals surface area contributed by atoms with Gasteiger partial charge in [0.15, 0.2) is 9.84 Å². The van der Waals surface area contributed by atoms with Gasteiger partial charge in [-0.2, -0.15) is 0 Å². The number of carbonyl (C=O) groups excluding carboxylic acids is 2. The van der Waals surface area contributed by atoms with Crippen molar-refractivity contribution in [1.29, 1.82) is 0 Å². The van der Waals surface area contributed by atoms with Crippen LogP contribution in [0.1, 0.15) is 13.3 Å². The standard InChI is InChI=1S/C20H27FN4O5S2/c1-3-18(31)22-11-15-12-25(20(27)30-15)14-4-5-17(16(21)10-14)23-6-8-24(9-7-23)19(26)13-32(2,28)29/h4-5,10,15H,3,6-9,11-13H2,1-2H3,(H,22,31). The Morgan fingerprint density at radius 3 is 2.56 bits per heavy atom. The van der Waals surface area contributed by atoms with E-state index < -0.39 is 33.4 Å². The van der Waals surface area contributed by atoms with Crippen LogP contribution in [-0.4, -0.2) is 87.7 Å². The minimum atomic E-state index is -3.39. The molecule has 12 heteroatoms. The number of hydrogen-bond donors (Lipinski definition) is 1. The summed E-state index contributed by atoms with van der Waals surface area (Å²) in [6.45, 7) is 3.99. The van der Waals surface area contributed by atoms with Gasteiger partial charge in [0.1, 0.15) is 17.7 Å². The lowest BCUT2D eigenvalue weighted by molar-refractivity contribution is -0.128. The Morgan fingerprint density at radius 2 is 1.97 bits per heavy atom. The highest BCUT2D eigenvalue weighted by atomic mass is 32.2. The summed E-state index contributed by atoms with van der Waals surface area (Å²) in [5.41, 5.74) is 0.766. The Bertz CT molecular complexity index is 996. The lowest BCUT2D eigenvalue weighted by Gasteiger charge is -2.36. The first-order chi connectivity index (χ1) is 15.1. The molecule has 2 aliphatic heterocycles. The smallest absolute Gasteiger partial charge is 0.414 e. The number of anilines is 2. The number of nitrogens with zero attached hydrogens (tertiary/aromatic N) is 3. The van der Waals surface area contributed by atoms with Crippen molar-refractivity contribution in [2.45, 2.75) is 19.4 Å². The fourth-order valence-electron chi connectivity index (χ4n) is 3.62. The predicted molar refractivity (Wildman–Crippen MR) is 123 cm³/mol. The summed E-state index contributed by atoms with van der Waals surface area (Å²) in [6.07, 6.45) is 0.802. The van der Waals surface area contributed by atoms with E-state index in [9.17, 15) is 22.4 Å². The number of thiocarbonyl (C=S) groups is 1. The number of amides is 2. The van der Waals surface area contributed by atoms with Gasteiger partial charge in [-0.3, -0.25) is 9.69 Å². The van der Waals surface area contributed by atoms with Crippen molar-refractivity contribution >= 4 is 50.4 Å². The third-order valence-corrected chi connectivity index (χ3v) is 6.53. The normalized spacial score (nSPS) is 19.2. The van der Waals surface area contributed by atoms with E-state index >= 15 is 0 Å². The molecule has 2 fully saturated rings. The molecular weight excluding hydrogens is 459 g/mol. The van der Waals surface area contributed by atoms with Gasteiger partial charge in [-0.1, -0.05) is 19.1 Å².